The molecule has 0 bridgehead atoms. The summed E-state index contributed by atoms with van der Waals surface area (Å²) >= 11 is 1.02. The van der Waals surface area contributed by atoms with Crippen LogP contribution >= 0.6 is 11.8 Å². The molecule has 1 aromatic heterocycles. The molecule has 0 atom stereocenters. The second kappa shape index (κ2) is 9.91. The molecule has 0 aliphatic rings. The Kier molecular flexibility index (Phi) is 7.86. The summed E-state index contributed by atoms with van der Waals surface area (Å²) in [5.74, 6) is -5.71. The van der Waals surface area contributed by atoms with Gasteiger partial charge < -0.3 is 5.32 Å². The fourth-order valence-corrected chi connectivity index (χ4v) is 3.40. The zero-order valence-corrected chi connectivity index (χ0v) is 16.5. The third-order valence-electron chi connectivity index (χ3n) is 4.02. The highest BCUT2D eigenvalue weighted by molar-refractivity contribution is 7.99. The van der Waals surface area contributed by atoms with E-state index in [1.165, 1.54) is 6.20 Å². The Morgan fingerprint density at radius 3 is 2.64 bits per heavy atom. The summed E-state index contributed by atoms with van der Waals surface area (Å²) in [4.78, 5) is 16.4. The van der Waals surface area contributed by atoms with Crippen LogP contribution in [-0.2, 0) is 5.92 Å². The van der Waals surface area contributed by atoms with Crippen molar-refractivity contribution < 1.29 is 22.4 Å². The van der Waals surface area contributed by atoms with Crippen molar-refractivity contribution >= 4 is 17.7 Å². The fourth-order valence-electron chi connectivity index (χ4n) is 2.39. The zero-order valence-electron chi connectivity index (χ0n) is 15.6. The Hall–Kier alpha value is -2.09. The highest BCUT2D eigenvalue weighted by Crippen LogP contribution is 2.35. The zero-order chi connectivity index (χ0) is 20.7. The van der Waals surface area contributed by atoms with Crippen LogP contribution in [0.2, 0.25) is 0 Å². The molecule has 1 amide bonds. The Labute approximate surface area is 165 Å². The first-order chi connectivity index (χ1) is 13.2. The normalized spacial score (nSPS) is 11.7. The van der Waals surface area contributed by atoms with Gasteiger partial charge in [-0.1, -0.05) is 13.8 Å². The Bertz CT molecular complexity index is 815. The van der Waals surface area contributed by atoms with Crippen LogP contribution in [0, 0.1) is 17.6 Å². The van der Waals surface area contributed by atoms with Crippen molar-refractivity contribution in [2.24, 2.45) is 5.92 Å². The number of carbonyl (C=O) groups excluding carboxylic acids is 1. The van der Waals surface area contributed by atoms with Crippen LogP contribution in [0.25, 0.3) is 0 Å². The number of rotatable bonds is 9. The van der Waals surface area contributed by atoms with Gasteiger partial charge in [-0.05, 0) is 42.7 Å². The summed E-state index contributed by atoms with van der Waals surface area (Å²) in [7, 11) is 0. The lowest BCUT2D eigenvalue weighted by atomic mass is 10.1. The Balaban J connectivity index is 1.98. The average Bonchev–Trinajstić information content (AvgIpc) is 2.63. The van der Waals surface area contributed by atoms with E-state index in [9.17, 15) is 22.4 Å². The second-order valence-corrected chi connectivity index (χ2v) is 7.81. The fraction of sp³-hybridized carbons (Fsp3) is 0.400. The van der Waals surface area contributed by atoms with Gasteiger partial charge in [0, 0.05) is 30.5 Å². The molecular formula is C20H22F4N2OS. The van der Waals surface area contributed by atoms with E-state index >= 15 is 0 Å². The summed E-state index contributed by atoms with van der Waals surface area (Å²) in [5.41, 5.74) is -0.257. The molecule has 28 heavy (non-hydrogen) atoms. The lowest BCUT2D eigenvalue weighted by Crippen LogP contribution is -2.26. The predicted octanol–water partition coefficient (Wildman–Crippen LogP) is 5.41. The molecule has 0 spiro atoms. The number of amides is 1. The van der Waals surface area contributed by atoms with E-state index in [0.717, 1.165) is 24.2 Å². The smallest absolute Gasteiger partial charge is 0.274 e. The Morgan fingerprint density at radius 1 is 1.21 bits per heavy atom. The van der Waals surface area contributed by atoms with Crippen molar-refractivity contribution in [3.63, 3.8) is 0 Å². The van der Waals surface area contributed by atoms with Crippen LogP contribution < -0.4 is 5.32 Å². The average molecular weight is 414 g/mol. The topological polar surface area (TPSA) is 42.0 Å². The summed E-state index contributed by atoms with van der Waals surface area (Å²) in [6.45, 7) is 4.61. The van der Waals surface area contributed by atoms with E-state index in [-0.39, 0.29) is 11.7 Å². The first kappa shape index (κ1) is 22.2. The number of thioether (sulfide) groups is 1. The molecule has 3 nitrogen and oxygen atoms in total. The van der Waals surface area contributed by atoms with Gasteiger partial charge in [0.1, 0.15) is 5.03 Å². The molecule has 152 valence electrons. The summed E-state index contributed by atoms with van der Waals surface area (Å²) in [6, 6.07) is 5.26. The molecule has 2 rings (SSSR count). The van der Waals surface area contributed by atoms with Crippen molar-refractivity contribution in [3.05, 3.63) is 59.3 Å². The SMILES string of the molecule is CC(C)CCNC(=O)c1cccnc1SCCC(F)(F)c1ccc(F)c(F)c1. The number of halogens is 4. The molecule has 0 aliphatic heterocycles. The van der Waals surface area contributed by atoms with Crippen molar-refractivity contribution in [2.75, 3.05) is 12.3 Å². The van der Waals surface area contributed by atoms with Crippen molar-refractivity contribution in [1.82, 2.24) is 10.3 Å². The molecule has 0 saturated carbocycles. The van der Waals surface area contributed by atoms with E-state index in [0.29, 0.717) is 35.2 Å². The van der Waals surface area contributed by atoms with Crippen molar-refractivity contribution in [1.29, 1.82) is 0 Å². The van der Waals surface area contributed by atoms with E-state index in [2.05, 4.69) is 10.3 Å². The molecule has 1 heterocycles. The standard InChI is InChI=1S/C20H22F4N2OS/c1-13(2)7-10-25-18(27)15-4-3-9-26-19(15)28-11-8-20(23,24)14-5-6-16(21)17(22)12-14/h3-6,9,12-13H,7-8,10-11H2,1-2H3,(H,25,27). The van der Waals surface area contributed by atoms with Crippen molar-refractivity contribution in [2.45, 2.75) is 37.6 Å². The van der Waals surface area contributed by atoms with E-state index in [1.54, 1.807) is 12.1 Å². The van der Waals surface area contributed by atoms with Crippen LogP contribution in [0.1, 0.15) is 42.6 Å². The van der Waals surface area contributed by atoms with Crippen LogP contribution in [0.4, 0.5) is 17.6 Å². The second-order valence-electron chi connectivity index (χ2n) is 6.73. The number of benzene rings is 1. The number of hydrogen-bond donors (Lipinski definition) is 1. The van der Waals surface area contributed by atoms with E-state index < -0.39 is 29.5 Å². The van der Waals surface area contributed by atoms with Gasteiger partial charge in [0.15, 0.2) is 11.6 Å². The molecule has 2 aromatic rings. The van der Waals surface area contributed by atoms with Crippen LogP contribution in [0.5, 0.6) is 0 Å². The third-order valence-corrected chi connectivity index (χ3v) is 5.03. The van der Waals surface area contributed by atoms with Crippen LogP contribution in [0.3, 0.4) is 0 Å². The molecule has 0 fully saturated rings. The minimum Gasteiger partial charge on any atom is -0.352 e. The number of hydrogen-bond acceptors (Lipinski definition) is 3. The first-order valence-corrected chi connectivity index (χ1v) is 9.88. The predicted molar refractivity (Wildman–Crippen MR) is 102 cm³/mol. The molecule has 8 heteroatoms. The lowest BCUT2D eigenvalue weighted by molar-refractivity contribution is -0.00740. The maximum absolute atomic E-state index is 14.3. The maximum Gasteiger partial charge on any atom is 0.274 e. The summed E-state index contributed by atoms with van der Waals surface area (Å²) < 4.78 is 54.7. The molecule has 0 saturated heterocycles. The van der Waals surface area contributed by atoms with Gasteiger partial charge in [-0.15, -0.1) is 11.8 Å². The molecule has 0 aliphatic carbocycles. The van der Waals surface area contributed by atoms with Gasteiger partial charge in [0.05, 0.1) is 5.56 Å². The molecule has 1 N–H and O–H groups in total. The quantitative estimate of drug-likeness (QED) is 0.441. The van der Waals surface area contributed by atoms with Gasteiger partial charge in [-0.3, -0.25) is 4.79 Å². The largest absolute Gasteiger partial charge is 0.352 e. The van der Waals surface area contributed by atoms with Gasteiger partial charge in [0.2, 0.25) is 0 Å². The monoisotopic (exact) mass is 414 g/mol. The van der Waals surface area contributed by atoms with Gasteiger partial charge in [-0.2, -0.15) is 0 Å². The highest BCUT2D eigenvalue weighted by atomic mass is 32.2. The number of alkyl halides is 2. The highest BCUT2D eigenvalue weighted by Gasteiger charge is 2.32. The number of nitrogens with one attached hydrogen (secondary N) is 1. The van der Waals surface area contributed by atoms with Crippen LogP contribution in [-0.4, -0.2) is 23.2 Å². The van der Waals surface area contributed by atoms with Gasteiger partial charge in [-0.25, -0.2) is 22.5 Å². The Morgan fingerprint density at radius 2 is 1.96 bits per heavy atom. The number of pyridine rings is 1. The summed E-state index contributed by atoms with van der Waals surface area (Å²) in [6.07, 6.45) is 1.71. The number of carbonyl (C=O) groups is 1. The minimum atomic E-state index is -3.32. The van der Waals surface area contributed by atoms with Crippen LogP contribution in [0.15, 0.2) is 41.6 Å². The molecule has 0 radical (unpaired) electrons. The van der Waals surface area contributed by atoms with E-state index in [4.69, 9.17) is 0 Å². The molecule has 0 unspecified atom stereocenters. The molecule has 1 aromatic carbocycles. The number of aromatic nitrogens is 1. The number of nitrogens with zero attached hydrogens (tertiary/aromatic N) is 1. The summed E-state index contributed by atoms with van der Waals surface area (Å²) in [5, 5.41) is 3.15. The van der Waals surface area contributed by atoms with E-state index in [1.807, 2.05) is 13.8 Å². The lowest BCUT2D eigenvalue weighted by Gasteiger charge is -2.17. The van der Waals surface area contributed by atoms with Gasteiger partial charge in [0.25, 0.3) is 11.8 Å². The third kappa shape index (κ3) is 6.22. The molecular weight excluding hydrogens is 392 g/mol. The first-order valence-electron chi connectivity index (χ1n) is 8.90. The minimum absolute atomic E-state index is 0.0463. The van der Waals surface area contributed by atoms with Crippen molar-refractivity contribution in [3.8, 4) is 0 Å². The maximum atomic E-state index is 14.3. The van der Waals surface area contributed by atoms with Gasteiger partial charge >= 0.3 is 0 Å².